The van der Waals surface area contributed by atoms with Crippen molar-refractivity contribution < 1.29 is 19.8 Å². The minimum atomic E-state index is -1.40. The molecule has 0 atom stereocenters. The van der Waals surface area contributed by atoms with Gasteiger partial charge in [-0.2, -0.15) is 0 Å². The highest BCUT2D eigenvalue weighted by Gasteiger charge is 2.31. The lowest BCUT2D eigenvalue weighted by Crippen LogP contribution is -2.47. The second kappa shape index (κ2) is 8.10. The first kappa shape index (κ1) is 14.9. The summed E-state index contributed by atoms with van der Waals surface area (Å²) in [6, 6.07) is -1.40. The molecule has 0 saturated heterocycles. The van der Waals surface area contributed by atoms with Crippen LogP contribution in [-0.2, 0) is 9.59 Å². The molecule has 0 saturated carbocycles. The topological polar surface area (TPSA) is 77.8 Å². The molecule has 0 aromatic carbocycles. The summed E-state index contributed by atoms with van der Waals surface area (Å²) < 4.78 is 0. The highest BCUT2D eigenvalue weighted by atomic mass is 16.4. The fraction of sp³-hybridized carbons (Fsp3) is 0.818. The lowest BCUT2D eigenvalue weighted by Gasteiger charge is -2.25. The molecule has 0 heterocycles. The summed E-state index contributed by atoms with van der Waals surface area (Å²) in [5.41, 5.74) is 0. The summed E-state index contributed by atoms with van der Waals surface area (Å²) in [6.07, 6.45) is 3.49. The lowest BCUT2D eigenvalue weighted by atomic mass is 10.2. The zero-order valence-corrected chi connectivity index (χ0v) is 9.98. The molecular formula is C11H21NO4. The number of carbonyl (C=O) groups is 2. The average Bonchev–Trinajstić information content (AvgIpc) is 2.20. The van der Waals surface area contributed by atoms with E-state index in [9.17, 15) is 9.59 Å². The summed E-state index contributed by atoms with van der Waals surface area (Å²) in [5.74, 6) is -2.56. The molecule has 0 bridgehead atoms. The Bertz CT molecular complexity index is 208. The fourth-order valence-electron chi connectivity index (χ4n) is 1.51. The van der Waals surface area contributed by atoms with Crippen molar-refractivity contribution in [1.82, 2.24) is 4.90 Å². The van der Waals surface area contributed by atoms with E-state index < -0.39 is 18.0 Å². The summed E-state index contributed by atoms with van der Waals surface area (Å²) >= 11 is 0. The first-order valence-electron chi connectivity index (χ1n) is 5.74. The van der Waals surface area contributed by atoms with E-state index >= 15 is 0 Å². The van der Waals surface area contributed by atoms with Crippen LogP contribution in [0.15, 0.2) is 0 Å². The molecule has 0 unspecified atom stereocenters. The molecule has 94 valence electrons. The number of unbranched alkanes of at least 4 members (excludes halogenated alkanes) is 2. The van der Waals surface area contributed by atoms with Crippen molar-refractivity contribution in [3.8, 4) is 0 Å². The van der Waals surface area contributed by atoms with Gasteiger partial charge in [0.15, 0.2) is 0 Å². The van der Waals surface area contributed by atoms with E-state index in [0.717, 1.165) is 25.7 Å². The monoisotopic (exact) mass is 231 g/mol. The Balaban J connectivity index is 4.53. The zero-order chi connectivity index (χ0) is 12.6. The number of carboxylic acids is 2. The Kier molecular flexibility index (Phi) is 7.54. The van der Waals surface area contributed by atoms with Gasteiger partial charge < -0.3 is 10.2 Å². The van der Waals surface area contributed by atoms with Crippen LogP contribution in [0.2, 0.25) is 0 Å². The third-order valence-corrected chi connectivity index (χ3v) is 2.43. The van der Waals surface area contributed by atoms with Gasteiger partial charge in [0, 0.05) is 0 Å². The molecule has 0 amide bonds. The van der Waals surface area contributed by atoms with E-state index in [4.69, 9.17) is 10.2 Å². The minimum Gasteiger partial charge on any atom is -0.480 e. The van der Waals surface area contributed by atoms with Gasteiger partial charge in [0.05, 0.1) is 0 Å². The molecule has 0 spiro atoms. The number of carboxylic acid groups (broad SMARTS) is 2. The van der Waals surface area contributed by atoms with Crippen LogP contribution in [0.3, 0.4) is 0 Å². The third kappa shape index (κ3) is 5.11. The van der Waals surface area contributed by atoms with Gasteiger partial charge in [-0.25, -0.2) is 9.59 Å². The normalized spacial score (nSPS) is 11.0. The van der Waals surface area contributed by atoms with Gasteiger partial charge in [0.2, 0.25) is 6.04 Å². The first-order valence-corrected chi connectivity index (χ1v) is 5.74. The van der Waals surface area contributed by atoms with E-state index in [1.165, 1.54) is 4.90 Å². The molecule has 5 nitrogen and oxygen atoms in total. The van der Waals surface area contributed by atoms with Gasteiger partial charge in [-0.05, 0) is 25.9 Å². The van der Waals surface area contributed by atoms with Crippen molar-refractivity contribution in [2.24, 2.45) is 0 Å². The van der Waals surface area contributed by atoms with Crippen molar-refractivity contribution in [2.45, 2.75) is 45.6 Å². The van der Waals surface area contributed by atoms with Gasteiger partial charge in [-0.1, -0.05) is 26.7 Å². The molecule has 0 aromatic rings. The van der Waals surface area contributed by atoms with E-state index in [2.05, 4.69) is 0 Å². The standard InChI is InChI=1S/C11H21NO4/c1-3-5-7-12(8-6-4-2)9(10(13)14)11(15)16/h9H,3-8H2,1-2H3,(H,13,14)(H,15,16). The molecule has 2 N–H and O–H groups in total. The molecule has 0 radical (unpaired) electrons. The number of rotatable bonds is 9. The smallest absolute Gasteiger partial charge is 0.332 e. The van der Waals surface area contributed by atoms with Crippen molar-refractivity contribution in [3.05, 3.63) is 0 Å². The molecule has 0 aliphatic carbocycles. The van der Waals surface area contributed by atoms with Crippen LogP contribution in [-0.4, -0.2) is 46.2 Å². The summed E-state index contributed by atoms with van der Waals surface area (Å²) in [6.45, 7) is 5.04. The third-order valence-electron chi connectivity index (χ3n) is 2.43. The molecule has 0 aliphatic heterocycles. The first-order chi connectivity index (χ1) is 7.54. The van der Waals surface area contributed by atoms with Crippen LogP contribution in [0.1, 0.15) is 39.5 Å². The van der Waals surface area contributed by atoms with E-state index in [-0.39, 0.29) is 0 Å². The van der Waals surface area contributed by atoms with Crippen LogP contribution < -0.4 is 0 Å². The maximum Gasteiger partial charge on any atom is 0.332 e. The molecule has 0 aromatic heterocycles. The van der Waals surface area contributed by atoms with Gasteiger partial charge in [0.25, 0.3) is 0 Å². The van der Waals surface area contributed by atoms with Crippen LogP contribution in [0.5, 0.6) is 0 Å². The maximum absolute atomic E-state index is 10.9. The number of aliphatic carboxylic acids is 2. The van der Waals surface area contributed by atoms with E-state index in [0.29, 0.717) is 13.1 Å². The number of hydrogen-bond acceptors (Lipinski definition) is 3. The van der Waals surface area contributed by atoms with Crippen molar-refractivity contribution in [3.63, 3.8) is 0 Å². The Morgan fingerprint density at radius 3 is 1.62 bits per heavy atom. The molecular weight excluding hydrogens is 210 g/mol. The Morgan fingerprint density at radius 1 is 1.00 bits per heavy atom. The highest BCUT2D eigenvalue weighted by Crippen LogP contribution is 2.06. The van der Waals surface area contributed by atoms with Gasteiger partial charge in [-0.3, -0.25) is 4.90 Å². The van der Waals surface area contributed by atoms with Crippen molar-refractivity contribution in [2.75, 3.05) is 13.1 Å². The predicted octanol–water partition coefficient (Wildman–Crippen LogP) is 1.43. The quantitative estimate of drug-likeness (QED) is 0.587. The van der Waals surface area contributed by atoms with E-state index in [1.54, 1.807) is 0 Å². The largest absolute Gasteiger partial charge is 0.480 e. The zero-order valence-electron chi connectivity index (χ0n) is 9.98. The summed E-state index contributed by atoms with van der Waals surface area (Å²) in [7, 11) is 0. The summed E-state index contributed by atoms with van der Waals surface area (Å²) in [5, 5.41) is 17.8. The highest BCUT2D eigenvalue weighted by molar-refractivity contribution is 5.97. The maximum atomic E-state index is 10.9. The second-order valence-electron chi connectivity index (χ2n) is 3.82. The van der Waals surface area contributed by atoms with Gasteiger partial charge >= 0.3 is 11.9 Å². The average molecular weight is 231 g/mol. The lowest BCUT2D eigenvalue weighted by molar-refractivity contribution is -0.156. The molecule has 0 fully saturated rings. The number of nitrogens with zero attached hydrogens (tertiary/aromatic N) is 1. The predicted molar refractivity (Wildman–Crippen MR) is 60.4 cm³/mol. The van der Waals surface area contributed by atoms with Crippen molar-refractivity contribution in [1.29, 1.82) is 0 Å². The van der Waals surface area contributed by atoms with Crippen molar-refractivity contribution >= 4 is 11.9 Å². The Hall–Kier alpha value is -1.10. The molecule has 5 heteroatoms. The molecule has 0 rings (SSSR count). The van der Waals surface area contributed by atoms with Gasteiger partial charge in [-0.15, -0.1) is 0 Å². The molecule has 0 aliphatic rings. The van der Waals surface area contributed by atoms with Crippen LogP contribution in [0.4, 0.5) is 0 Å². The van der Waals surface area contributed by atoms with E-state index in [1.807, 2.05) is 13.8 Å². The number of hydrogen-bond donors (Lipinski definition) is 2. The SMILES string of the molecule is CCCCN(CCCC)C(C(=O)O)C(=O)O. The Labute approximate surface area is 96.1 Å². The molecule has 16 heavy (non-hydrogen) atoms. The van der Waals surface area contributed by atoms with Crippen LogP contribution in [0, 0.1) is 0 Å². The van der Waals surface area contributed by atoms with Crippen LogP contribution in [0.25, 0.3) is 0 Å². The fourth-order valence-corrected chi connectivity index (χ4v) is 1.51. The van der Waals surface area contributed by atoms with Crippen LogP contribution >= 0.6 is 0 Å². The minimum absolute atomic E-state index is 0.528. The Morgan fingerprint density at radius 2 is 1.38 bits per heavy atom. The summed E-state index contributed by atoms with van der Waals surface area (Å²) in [4.78, 5) is 23.3. The van der Waals surface area contributed by atoms with Gasteiger partial charge in [0.1, 0.15) is 0 Å². The second-order valence-corrected chi connectivity index (χ2v) is 3.82.